The van der Waals surface area contributed by atoms with Crippen LogP contribution >= 0.6 is 0 Å². The van der Waals surface area contributed by atoms with Crippen molar-refractivity contribution >= 4 is 27.5 Å². The highest BCUT2D eigenvalue weighted by Gasteiger charge is 2.22. The van der Waals surface area contributed by atoms with Crippen molar-refractivity contribution < 1.29 is 9.47 Å². The van der Waals surface area contributed by atoms with Crippen LogP contribution in [0.1, 0.15) is 0 Å². The maximum absolute atomic E-state index is 5.70. The van der Waals surface area contributed by atoms with Crippen molar-refractivity contribution in [1.29, 1.82) is 0 Å². The number of ether oxygens (including phenoxy) is 2. The van der Waals surface area contributed by atoms with E-state index in [2.05, 4.69) is 83.3 Å². The van der Waals surface area contributed by atoms with Crippen molar-refractivity contribution in [3.05, 3.63) is 97.1 Å². The second-order valence-electron chi connectivity index (χ2n) is 7.96. The summed E-state index contributed by atoms with van der Waals surface area (Å²) in [5.74, 6) is 1.56. The van der Waals surface area contributed by atoms with Gasteiger partial charge in [0.1, 0.15) is 5.65 Å². The highest BCUT2D eigenvalue weighted by molar-refractivity contribution is 6.10. The maximum atomic E-state index is 5.70. The van der Waals surface area contributed by atoms with Crippen molar-refractivity contribution in [3.63, 3.8) is 0 Å². The van der Waals surface area contributed by atoms with E-state index in [0.717, 1.165) is 50.6 Å². The summed E-state index contributed by atoms with van der Waals surface area (Å²) >= 11 is 0. The Labute approximate surface area is 184 Å². The molecule has 32 heavy (non-hydrogen) atoms. The molecule has 0 saturated carbocycles. The topological polar surface area (TPSA) is 35.8 Å². The summed E-state index contributed by atoms with van der Waals surface area (Å²) in [6.45, 7) is 0.260. The highest BCUT2D eigenvalue weighted by atomic mass is 16.7. The Balaban J connectivity index is 1.71. The molecule has 6 aromatic rings. The number of benzene rings is 4. The van der Waals surface area contributed by atoms with Crippen LogP contribution in [0.5, 0.6) is 11.5 Å². The third-order valence-corrected chi connectivity index (χ3v) is 6.17. The van der Waals surface area contributed by atoms with Gasteiger partial charge in [0.2, 0.25) is 6.79 Å². The van der Waals surface area contributed by atoms with Gasteiger partial charge in [-0.3, -0.25) is 4.40 Å². The lowest BCUT2D eigenvalue weighted by Crippen LogP contribution is -1.98. The number of fused-ring (bicyclic) bond motifs is 5. The van der Waals surface area contributed by atoms with Crippen LogP contribution in [0.3, 0.4) is 0 Å². The number of nitrogens with zero attached hydrogens (tertiary/aromatic N) is 2. The number of hydrogen-bond acceptors (Lipinski definition) is 3. The van der Waals surface area contributed by atoms with E-state index in [1.165, 1.54) is 10.8 Å². The van der Waals surface area contributed by atoms with Gasteiger partial charge in [0.15, 0.2) is 11.5 Å². The molecule has 0 spiro atoms. The van der Waals surface area contributed by atoms with Crippen molar-refractivity contribution in [1.82, 2.24) is 9.38 Å². The van der Waals surface area contributed by atoms with Crippen LogP contribution in [0.2, 0.25) is 0 Å². The van der Waals surface area contributed by atoms with E-state index >= 15 is 0 Å². The Hall–Kier alpha value is -4.31. The van der Waals surface area contributed by atoms with E-state index in [4.69, 9.17) is 14.5 Å². The summed E-state index contributed by atoms with van der Waals surface area (Å²) in [4.78, 5) is 5.11. The van der Waals surface area contributed by atoms with E-state index < -0.39 is 0 Å². The largest absolute Gasteiger partial charge is 0.454 e. The fourth-order valence-corrected chi connectivity index (χ4v) is 4.79. The molecular formula is C28H18N2O2. The molecule has 1 aliphatic rings. The smallest absolute Gasteiger partial charge is 0.231 e. The molecule has 0 atom stereocenters. The molecule has 1 aliphatic heterocycles. The van der Waals surface area contributed by atoms with Gasteiger partial charge in [0, 0.05) is 16.5 Å². The van der Waals surface area contributed by atoms with Crippen LogP contribution in [-0.2, 0) is 0 Å². The summed E-state index contributed by atoms with van der Waals surface area (Å²) in [5.41, 5.74) is 7.47. The molecule has 4 nitrogen and oxygen atoms in total. The molecule has 0 aliphatic carbocycles. The molecule has 2 aromatic heterocycles. The van der Waals surface area contributed by atoms with Crippen LogP contribution < -0.4 is 9.47 Å². The lowest BCUT2D eigenvalue weighted by atomic mass is 9.96. The Morgan fingerprint density at radius 1 is 0.656 bits per heavy atom. The second-order valence-corrected chi connectivity index (χ2v) is 7.96. The molecule has 0 saturated heterocycles. The number of imidazole rings is 1. The summed E-state index contributed by atoms with van der Waals surface area (Å²) in [5, 5.41) is 2.34. The molecule has 7 rings (SSSR count). The van der Waals surface area contributed by atoms with Gasteiger partial charge < -0.3 is 9.47 Å². The van der Waals surface area contributed by atoms with Crippen LogP contribution in [0.15, 0.2) is 97.1 Å². The normalized spacial score (nSPS) is 12.8. The van der Waals surface area contributed by atoms with Crippen molar-refractivity contribution in [3.8, 4) is 33.9 Å². The first-order chi connectivity index (χ1) is 15.9. The fourth-order valence-electron chi connectivity index (χ4n) is 4.79. The molecule has 4 heteroatoms. The van der Waals surface area contributed by atoms with Crippen LogP contribution in [0.25, 0.3) is 49.8 Å². The first-order valence-corrected chi connectivity index (χ1v) is 10.7. The minimum absolute atomic E-state index is 0.260. The van der Waals surface area contributed by atoms with Gasteiger partial charge in [-0.2, -0.15) is 0 Å². The quantitative estimate of drug-likeness (QED) is 0.316. The van der Waals surface area contributed by atoms with Crippen molar-refractivity contribution in [2.75, 3.05) is 6.79 Å². The second kappa shape index (κ2) is 6.59. The molecular weight excluding hydrogens is 396 g/mol. The molecule has 4 aromatic carbocycles. The predicted octanol–water partition coefficient (Wildman–Crippen LogP) is 6.70. The fraction of sp³-hybridized carbons (Fsp3) is 0.0357. The Morgan fingerprint density at radius 2 is 1.41 bits per heavy atom. The van der Waals surface area contributed by atoms with Crippen molar-refractivity contribution in [2.45, 2.75) is 0 Å². The molecule has 0 bridgehead atoms. The number of para-hydroxylation sites is 2. The predicted molar refractivity (Wildman–Crippen MR) is 127 cm³/mol. The van der Waals surface area contributed by atoms with Gasteiger partial charge in [-0.15, -0.1) is 0 Å². The van der Waals surface area contributed by atoms with E-state index in [0.29, 0.717) is 0 Å². The number of aromatic nitrogens is 2. The average molecular weight is 414 g/mol. The molecule has 0 fully saturated rings. The number of hydrogen-bond donors (Lipinski definition) is 0. The van der Waals surface area contributed by atoms with Crippen LogP contribution in [0, 0.1) is 0 Å². The van der Waals surface area contributed by atoms with Crippen molar-refractivity contribution in [2.24, 2.45) is 0 Å². The van der Waals surface area contributed by atoms with E-state index in [-0.39, 0.29) is 6.79 Å². The molecule has 0 N–H and O–H groups in total. The summed E-state index contributed by atoms with van der Waals surface area (Å²) in [6.07, 6.45) is 0. The van der Waals surface area contributed by atoms with Gasteiger partial charge in [-0.1, -0.05) is 66.7 Å². The van der Waals surface area contributed by atoms with E-state index in [1.807, 2.05) is 18.2 Å². The monoisotopic (exact) mass is 414 g/mol. The first-order valence-electron chi connectivity index (χ1n) is 10.7. The molecule has 0 unspecified atom stereocenters. The van der Waals surface area contributed by atoms with Gasteiger partial charge >= 0.3 is 0 Å². The maximum Gasteiger partial charge on any atom is 0.231 e. The Morgan fingerprint density at radius 3 is 2.31 bits per heavy atom. The number of pyridine rings is 1. The standard InChI is InChI=1S/C28H18N2O2/c1-2-8-18(9-3-1)26-20-10-4-5-11-21(20)27(19-14-15-24-25(16-19)32-17-31-24)30-23-13-7-6-12-22(23)29-28(26)30/h1-16H,17H2. The molecule has 3 heterocycles. The van der Waals surface area contributed by atoms with E-state index in [1.54, 1.807) is 0 Å². The lowest BCUT2D eigenvalue weighted by molar-refractivity contribution is 0.174. The third-order valence-electron chi connectivity index (χ3n) is 6.17. The summed E-state index contributed by atoms with van der Waals surface area (Å²) in [7, 11) is 0. The summed E-state index contributed by atoms with van der Waals surface area (Å²) in [6, 6.07) is 33.6. The van der Waals surface area contributed by atoms with Crippen LogP contribution in [-0.4, -0.2) is 16.2 Å². The van der Waals surface area contributed by atoms with Gasteiger partial charge in [0.25, 0.3) is 0 Å². The SMILES string of the molecule is c1ccc(-c2c3ccccc3c(-c3ccc4c(c3)OCO4)n3c2nc2ccccc23)cc1. The van der Waals surface area contributed by atoms with Gasteiger partial charge in [-0.25, -0.2) is 4.98 Å². The zero-order valence-electron chi connectivity index (χ0n) is 17.2. The zero-order valence-corrected chi connectivity index (χ0v) is 17.2. The third kappa shape index (κ3) is 2.41. The highest BCUT2D eigenvalue weighted by Crippen LogP contribution is 2.43. The minimum atomic E-state index is 0.260. The molecule has 0 radical (unpaired) electrons. The molecule has 0 amide bonds. The van der Waals surface area contributed by atoms with Gasteiger partial charge in [0.05, 0.1) is 16.7 Å². The van der Waals surface area contributed by atoms with Gasteiger partial charge in [-0.05, 0) is 41.3 Å². The zero-order chi connectivity index (χ0) is 21.1. The Kier molecular flexibility index (Phi) is 3.58. The number of rotatable bonds is 2. The summed E-state index contributed by atoms with van der Waals surface area (Å²) < 4.78 is 13.5. The average Bonchev–Trinajstić information content (AvgIpc) is 3.47. The minimum Gasteiger partial charge on any atom is -0.454 e. The Bertz CT molecular complexity index is 1650. The van der Waals surface area contributed by atoms with Crippen LogP contribution in [0.4, 0.5) is 0 Å². The molecule has 152 valence electrons. The first kappa shape index (κ1) is 17.4. The lowest BCUT2D eigenvalue weighted by Gasteiger charge is -2.16. The van der Waals surface area contributed by atoms with E-state index in [9.17, 15) is 0 Å².